The first-order chi connectivity index (χ1) is 29.6. The third kappa shape index (κ3) is 3.96. The Labute approximate surface area is 350 Å². The van der Waals surface area contributed by atoms with E-state index in [1.807, 2.05) is 0 Å². The van der Waals surface area contributed by atoms with Crippen LogP contribution in [0, 0.1) is 34.5 Å². The molecule has 0 radical (unpaired) electrons. The minimum Gasteiger partial charge on any atom is -0.308 e. The highest BCUT2D eigenvalue weighted by Crippen LogP contribution is 2.64. The zero-order valence-corrected chi connectivity index (χ0v) is 34.0. The lowest BCUT2D eigenvalue weighted by atomic mass is 9.61. The topological polar surface area (TPSA) is 45.3 Å². The van der Waals surface area contributed by atoms with E-state index in [0.717, 1.165) is 47.7 Å². The Morgan fingerprint density at radius 1 is 0.583 bits per heavy atom. The van der Waals surface area contributed by atoms with Crippen molar-refractivity contribution >= 4 is 43.9 Å². The van der Waals surface area contributed by atoms with Gasteiger partial charge in [0.25, 0.3) is 0 Å². The molecule has 9 aliphatic rings. The average molecular weight is 775 g/mol. The summed E-state index contributed by atoms with van der Waals surface area (Å²) in [5.74, 6) is 3.33. The molecule has 0 aliphatic heterocycles. The van der Waals surface area contributed by atoms with Crippen molar-refractivity contribution in [2.75, 3.05) is 0 Å². The largest absolute Gasteiger partial charge is 0.308 e. The molecule has 0 saturated heterocycles. The van der Waals surface area contributed by atoms with E-state index in [9.17, 15) is 10.1 Å². The van der Waals surface area contributed by atoms with Crippen molar-refractivity contribution < 1.29 is 4.79 Å². The van der Waals surface area contributed by atoms with Crippen LogP contribution < -0.4 is 0 Å². The fourth-order valence-electron chi connectivity index (χ4n) is 16.0. The number of ketones is 1. The first kappa shape index (κ1) is 33.1. The summed E-state index contributed by atoms with van der Waals surface area (Å²) in [6, 6.07) is 39.8. The van der Waals surface area contributed by atoms with Gasteiger partial charge in [-0.2, -0.15) is 5.26 Å². The van der Waals surface area contributed by atoms with Gasteiger partial charge in [-0.3, -0.25) is 4.79 Å². The van der Waals surface area contributed by atoms with Crippen molar-refractivity contribution in [3.63, 3.8) is 0 Å². The molecule has 2 aromatic heterocycles. The summed E-state index contributed by atoms with van der Waals surface area (Å²) in [5, 5.41) is 16.5. The lowest BCUT2D eigenvalue weighted by molar-refractivity contribution is 0.0759. The Morgan fingerprint density at radius 3 is 1.87 bits per heavy atom. The quantitative estimate of drug-likeness (QED) is 0.154. The summed E-state index contributed by atoms with van der Waals surface area (Å²) in [7, 11) is 0. The molecular weight excluding hydrogens is 729 g/mol. The van der Waals surface area contributed by atoms with Crippen LogP contribution in [0.4, 0.5) is 0 Å². The van der Waals surface area contributed by atoms with Crippen molar-refractivity contribution in [1.29, 1.82) is 5.26 Å². The Morgan fingerprint density at radius 2 is 1.20 bits per heavy atom. The van der Waals surface area contributed by atoms with Crippen LogP contribution in [0.25, 0.3) is 82.6 Å². The number of hydrogen-bond acceptors (Lipinski definition) is 2. The van der Waals surface area contributed by atoms with Crippen LogP contribution in [-0.2, 0) is 0 Å². The number of aromatic nitrogens is 1. The van der Waals surface area contributed by atoms with Crippen LogP contribution in [0.5, 0.6) is 0 Å². The van der Waals surface area contributed by atoms with Crippen molar-refractivity contribution in [2.24, 2.45) is 23.2 Å². The summed E-state index contributed by atoms with van der Waals surface area (Å²) in [4.78, 5) is 14.9. The van der Waals surface area contributed by atoms with Gasteiger partial charge >= 0.3 is 0 Å². The van der Waals surface area contributed by atoms with E-state index >= 15 is 0 Å². The minimum absolute atomic E-state index is 0.130. The number of Topliss-reactive ketones (excluding diaryl/α,β-unsaturated/α-hetero) is 1. The first-order valence-electron chi connectivity index (χ1n) is 23.2. The molecule has 6 bridgehead atoms. The number of carbonyl (C=O) groups is 1. The maximum Gasteiger partial charge on any atom is 0.166 e. The molecule has 8 aromatic rings. The highest BCUT2D eigenvalue weighted by atomic mass is 16.1. The third-order valence-electron chi connectivity index (χ3n) is 17.9. The molecule has 3 nitrogen and oxygen atoms in total. The number of nitriles is 1. The molecular formula is C57H46N2O. The normalized spacial score (nSPS) is 26.4. The second-order valence-corrected chi connectivity index (χ2v) is 20.5. The van der Waals surface area contributed by atoms with Gasteiger partial charge in [-0.25, -0.2) is 0 Å². The highest BCUT2D eigenvalue weighted by Gasteiger charge is 2.52. The molecule has 4 fully saturated rings. The summed E-state index contributed by atoms with van der Waals surface area (Å²) in [5.41, 5.74) is 20.2. The molecule has 6 aromatic carbocycles. The summed E-state index contributed by atoms with van der Waals surface area (Å²) in [6.07, 6.45) is 14.6. The van der Waals surface area contributed by atoms with E-state index in [4.69, 9.17) is 0 Å². The highest BCUT2D eigenvalue weighted by molar-refractivity contribution is 6.31. The molecule has 0 N–H and O–H groups in total. The summed E-state index contributed by atoms with van der Waals surface area (Å²) >= 11 is 0. The molecule has 60 heavy (non-hydrogen) atoms. The molecule has 1 spiro atoms. The van der Waals surface area contributed by atoms with E-state index < -0.39 is 0 Å². The number of rotatable bonds is 0. The molecule has 4 atom stereocenters. The van der Waals surface area contributed by atoms with Gasteiger partial charge in [0.2, 0.25) is 0 Å². The van der Waals surface area contributed by atoms with Crippen LogP contribution in [0.2, 0.25) is 0 Å². The molecule has 17 rings (SSSR count). The van der Waals surface area contributed by atoms with Gasteiger partial charge < -0.3 is 4.40 Å². The van der Waals surface area contributed by atoms with Crippen molar-refractivity contribution in [1.82, 2.24) is 4.40 Å². The zero-order valence-electron chi connectivity index (χ0n) is 34.0. The maximum absolute atomic E-state index is 14.9. The summed E-state index contributed by atoms with van der Waals surface area (Å²) < 4.78 is 2.55. The Bertz CT molecular complexity index is 3300. The van der Waals surface area contributed by atoms with E-state index in [2.05, 4.69) is 108 Å². The lowest BCUT2D eigenvalue weighted by Crippen LogP contribution is -2.32. The van der Waals surface area contributed by atoms with Gasteiger partial charge in [0, 0.05) is 38.6 Å². The Hall–Kier alpha value is -5.72. The van der Waals surface area contributed by atoms with Gasteiger partial charge in [-0.15, -0.1) is 0 Å². The van der Waals surface area contributed by atoms with E-state index in [1.165, 1.54) is 152 Å². The number of nitrogens with zero attached hydrogens (tertiary/aromatic N) is 2. The molecule has 0 amide bonds. The van der Waals surface area contributed by atoms with E-state index in [0.29, 0.717) is 23.5 Å². The minimum atomic E-state index is 0.130. The lowest BCUT2D eigenvalue weighted by Gasteiger charge is -2.42. The van der Waals surface area contributed by atoms with E-state index in [-0.39, 0.29) is 11.3 Å². The van der Waals surface area contributed by atoms with Gasteiger partial charge in [0.1, 0.15) is 0 Å². The predicted octanol–water partition coefficient (Wildman–Crippen LogP) is 14.7. The number of carbonyl (C=O) groups excluding carboxylic acids is 1. The van der Waals surface area contributed by atoms with Crippen LogP contribution in [-0.4, -0.2) is 10.2 Å². The SMILES string of the molecule is N#Cc1cc2c(c3c1C1CC4CC(C1)CC3C4)c1c3c(cc4c5cc6c(cc5n2c41)C(=O)C1CCC6C2(CCCC2)C1)-c1ccccc1-c1ccccc1-c1ccccc1-3. The molecule has 4 saturated carbocycles. The van der Waals surface area contributed by atoms with Crippen LogP contribution in [0.15, 0.2) is 97.1 Å². The van der Waals surface area contributed by atoms with Crippen LogP contribution in [0.3, 0.4) is 0 Å². The zero-order chi connectivity index (χ0) is 39.2. The third-order valence-corrected chi connectivity index (χ3v) is 17.9. The Balaban J connectivity index is 1.18. The standard InChI is InChI=1S/C57H46N2O/c58-29-35-24-49-53(51-34-22-30-19-31(23-34)21-33(20-30)50(35)51)54-52-41-14-6-5-12-39(41)37-10-2-1-9-36(37)38-11-3-4-13-40(38)44(52)26-45-43-25-42-46(27-48(43)59(49)55(45)54)56(60)32-15-16-47(42)57(28-32)17-7-8-18-57/h1-6,9-14,24-27,30-34,47H,7-8,15-23,28H2. The number of hydrogen-bond donors (Lipinski definition) is 0. The second kappa shape index (κ2) is 11.3. The monoisotopic (exact) mass is 774 g/mol. The Kier molecular flexibility index (Phi) is 6.25. The molecule has 4 unspecified atom stereocenters. The molecule has 290 valence electrons. The van der Waals surface area contributed by atoms with Gasteiger partial charge in [0.15, 0.2) is 5.78 Å². The average Bonchev–Trinajstić information content (AvgIpc) is 3.89. The van der Waals surface area contributed by atoms with Crippen molar-refractivity contribution in [3.05, 3.63) is 125 Å². The molecule has 9 aliphatic carbocycles. The number of benzene rings is 6. The predicted molar refractivity (Wildman–Crippen MR) is 242 cm³/mol. The molecule has 2 heterocycles. The van der Waals surface area contributed by atoms with Crippen molar-refractivity contribution in [2.45, 2.75) is 94.8 Å². The van der Waals surface area contributed by atoms with Crippen LogP contribution in [0.1, 0.15) is 127 Å². The summed E-state index contributed by atoms with van der Waals surface area (Å²) in [6.45, 7) is 0. The molecule has 3 heteroatoms. The van der Waals surface area contributed by atoms with Gasteiger partial charge in [0.05, 0.1) is 28.2 Å². The van der Waals surface area contributed by atoms with E-state index in [1.54, 1.807) is 0 Å². The van der Waals surface area contributed by atoms with Gasteiger partial charge in [-0.05, 0) is 179 Å². The van der Waals surface area contributed by atoms with Gasteiger partial charge in [-0.1, -0.05) is 85.6 Å². The smallest absolute Gasteiger partial charge is 0.166 e. The maximum atomic E-state index is 14.9. The van der Waals surface area contributed by atoms with Crippen molar-refractivity contribution in [3.8, 4) is 50.6 Å². The first-order valence-corrected chi connectivity index (χ1v) is 23.2. The fourth-order valence-corrected chi connectivity index (χ4v) is 16.0. The fraction of sp³-hybridized carbons (Fsp3) is 0.333. The second-order valence-electron chi connectivity index (χ2n) is 20.5. The number of fused-ring (bicyclic) bond motifs is 16. The van der Waals surface area contributed by atoms with Crippen LogP contribution >= 0.6 is 0 Å².